The molecule has 0 spiro atoms. The summed E-state index contributed by atoms with van der Waals surface area (Å²) in [5.41, 5.74) is 1.82. The molecule has 2 heterocycles. The van der Waals surface area contributed by atoms with Crippen LogP contribution in [0.3, 0.4) is 0 Å². The van der Waals surface area contributed by atoms with Gasteiger partial charge in [-0.3, -0.25) is 5.10 Å². The molecule has 0 radical (unpaired) electrons. The average Bonchev–Trinajstić information content (AvgIpc) is 3.11. The molecular weight excluding hydrogens is 368 g/mol. The topological polar surface area (TPSA) is 106 Å². The van der Waals surface area contributed by atoms with E-state index in [0.29, 0.717) is 47.6 Å². The molecule has 2 N–H and O–H groups in total. The molecule has 2 aromatic heterocycles. The molecule has 0 saturated carbocycles. The maximum absolute atomic E-state index is 11.8. The third-order valence-electron chi connectivity index (χ3n) is 3.75. The highest BCUT2D eigenvalue weighted by atomic mass is 35.5. The van der Waals surface area contributed by atoms with Gasteiger partial charge in [0.15, 0.2) is 5.82 Å². The van der Waals surface area contributed by atoms with E-state index in [9.17, 15) is 4.79 Å². The number of H-pyrrole nitrogens is 1. The Morgan fingerprint density at radius 1 is 1.26 bits per heavy atom. The number of esters is 1. The first-order chi connectivity index (χ1) is 13.1. The highest BCUT2D eigenvalue weighted by molar-refractivity contribution is 6.30. The quantitative estimate of drug-likeness (QED) is 0.601. The largest absolute Gasteiger partial charge is 0.462 e. The molecule has 0 unspecified atom stereocenters. The maximum atomic E-state index is 11.8. The second-order valence-electron chi connectivity index (χ2n) is 5.70. The average molecular weight is 387 g/mol. The van der Waals surface area contributed by atoms with E-state index in [4.69, 9.17) is 16.3 Å². The lowest BCUT2D eigenvalue weighted by atomic mass is 10.2. The SMILES string of the molecule is CCOC(=O)c1cnc(NCCc2nc(-c3ccc(Cl)cc3)n[nH]2)nc1C. The zero-order valence-electron chi connectivity index (χ0n) is 15.0. The van der Waals surface area contributed by atoms with E-state index in [2.05, 4.69) is 30.5 Å². The van der Waals surface area contributed by atoms with Crippen LogP contribution in [0.1, 0.15) is 28.8 Å². The fourth-order valence-electron chi connectivity index (χ4n) is 2.39. The summed E-state index contributed by atoms with van der Waals surface area (Å²) in [7, 11) is 0. The maximum Gasteiger partial charge on any atom is 0.341 e. The van der Waals surface area contributed by atoms with E-state index >= 15 is 0 Å². The Labute approximate surface area is 161 Å². The Balaban J connectivity index is 1.56. The van der Waals surface area contributed by atoms with E-state index in [1.165, 1.54) is 6.20 Å². The van der Waals surface area contributed by atoms with E-state index in [1.54, 1.807) is 26.0 Å². The van der Waals surface area contributed by atoms with Crippen molar-refractivity contribution in [1.82, 2.24) is 25.1 Å². The van der Waals surface area contributed by atoms with Gasteiger partial charge in [-0.25, -0.2) is 19.7 Å². The van der Waals surface area contributed by atoms with Crippen molar-refractivity contribution in [2.75, 3.05) is 18.5 Å². The van der Waals surface area contributed by atoms with Crippen molar-refractivity contribution in [2.45, 2.75) is 20.3 Å². The monoisotopic (exact) mass is 386 g/mol. The van der Waals surface area contributed by atoms with Crippen molar-refractivity contribution in [3.05, 3.63) is 52.6 Å². The molecule has 0 bridgehead atoms. The number of hydrogen-bond acceptors (Lipinski definition) is 7. The van der Waals surface area contributed by atoms with Crippen LogP contribution in [0.2, 0.25) is 5.02 Å². The second-order valence-corrected chi connectivity index (χ2v) is 6.14. The number of halogens is 1. The minimum atomic E-state index is -0.419. The first-order valence-corrected chi connectivity index (χ1v) is 8.86. The number of benzene rings is 1. The molecule has 0 amide bonds. The molecule has 0 fully saturated rings. The van der Waals surface area contributed by atoms with E-state index in [-0.39, 0.29) is 0 Å². The number of carbonyl (C=O) groups is 1. The second kappa shape index (κ2) is 8.59. The van der Waals surface area contributed by atoms with Crippen LogP contribution in [0, 0.1) is 6.92 Å². The van der Waals surface area contributed by atoms with E-state index in [0.717, 1.165) is 11.4 Å². The summed E-state index contributed by atoms with van der Waals surface area (Å²) in [4.78, 5) is 24.7. The van der Waals surface area contributed by atoms with Crippen LogP contribution in [0.15, 0.2) is 30.5 Å². The fraction of sp³-hybridized carbons (Fsp3) is 0.278. The van der Waals surface area contributed by atoms with Gasteiger partial charge >= 0.3 is 5.97 Å². The summed E-state index contributed by atoms with van der Waals surface area (Å²) in [5, 5.41) is 10.9. The lowest BCUT2D eigenvalue weighted by Crippen LogP contribution is -2.13. The van der Waals surface area contributed by atoms with Crippen molar-refractivity contribution in [2.24, 2.45) is 0 Å². The van der Waals surface area contributed by atoms with Gasteiger partial charge in [0.2, 0.25) is 5.95 Å². The number of ether oxygens (including phenoxy) is 1. The third kappa shape index (κ3) is 4.79. The number of nitrogens with zero attached hydrogens (tertiary/aromatic N) is 4. The summed E-state index contributed by atoms with van der Waals surface area (Å²) in [5.74, 6) is 1.38. The molecular formula is C18H19ClN6O2. The fourth-order valence-corrected chi connectivity index (χ4v) is 2.52. The molecule has 140 valence electrons. The normalized spacial score (nSPS) is 10.6. The van der Waals surface area contributed by atoms with Gasteiger partial charge in [0, 0.05) is 29.7 Å². The molecule has 0 aliphatic carbocycles. The van der Waals surface area contributed by atoms with Gasteiger partial charge in [-0.05, 0) is 38.1 Å². The Bertz CT molecular complexity index is 926. The number of aromatic nitrogens is 5. The molecule has 1 aromatic carbocycles. The number of rotatable bonds is 7. The molecule has 3 rings (SSSR count). The molecule has 9 heteroatoms. The van der Waals surface area contributed by atoms with Crippen LogP contribution in [0.4, 0.5) is 5.95 Å². The van der Waals surface area contributed by atoms with Crippen molar-refractivity contribution < 1.29 is 9.53 Å². The summed E-state index contributed by atoms with van der Waals surface area (Å²) in [6, 6.07) is 7.34. The third-order valence-corrected chi connectivity index (χ3v) is 4.01. The van der Waals surface area contributed by atoms with Crippen molar-refractivity contribution in [1.29, 1.82) is 0 Å². The molecule has 0 aliphatic heterocycles. The van der Waals surface area contributed by atoms with E-state index < -0.39 is 5.97 Å². The molecule has 0 saturated heterocycles. The number of nitrogens with one attached hydrogen (secondary N) is 2. The number of hydrogen-bond donors (Lipinski definition) is 2. The van der Waals surface area contributed by atoms with Gasteiger partial charge < -0.3 is 10.1 Å². The number of anilines is 1. The molecule has 8 nitrogen and oxygen atoms in total. The van der Waals surface area contributed by atoms with Crippen molar-refractivity contribution in [3.8, 4) is 11.4 Å². The first-order valence-electron chi connectivity index (χ1n) is 8.48. The van der Waals surface area contributed by atoms with Crippen LogP contribution in [0.25, 0.3) is 11.4 Å². The van der Waals surface area contributed by atoms with Crippen LogP contribution in [0.5, 0.6) is 0 Å². The van der Waals surface area contributed by atoms with Gasteiger partial charge in [-0.15, -0.1) is 0 Å². The van der Waals surface area contributed by atoms with Crippen LogP contribution >= 0.6 is 11.6 Å². The number of aryl methyl sites for hydroxylation is 1. The zero-order valence-corrected chi connectivity index (χ0v) is 15.7. The summed E-state index contributed by atoms with van der Waals surface area (Å²) in [6.45, 7) is 4.38. The van der Waals surface area contributed by atoms with Gasteiger partial charge in [0.1, 0.15) is 5.82 Å². The summed E-state index contributed by atoms with van der Waals surface area (Å²) < 4.78 is 4.97. The van der Waals surface area contributed by atoms with Crippen LogP contribution in [-0.4, -0.2) is 44.3 Å². The Morgan fingerprint density at radius 2 is 2.04 bits per heavy atom. The minimum Gasteiger partial charge on any atom is -0.462 e. The van der Waals surface area contributed by atoms with Crippen molar-refractivity contribution in [3.63, 3.8) is 0 Å². The first kappa shape index (κ1) is 18.8. The van der Waals surface area contributed by atoms with Gasteiger partial charge in [0.25, 0.3) is 0 Å². The lowest BCUT2D eigenvalue weighted by molar-refractivity contribution is 0.0524. The molecule has 0 atom stereocenters. The zero-order chi connectivity index (χ0) is 19.2. The minimum absolute atomic E-state index is 0.313. The van der Waals surface area contributed by atoms with Gasteiger partial charge in [0.05, 0.1) is 17.9 Å². The highest BCUT2D eigenvalue weighted by Gasteiger charge is 2.12. The Kier molecular flexibility index (Phi) is 5.97. The molecule has 0 aliphatic rings. The molecule has 3 aromatic rings. The smallest absolute Gasteiger partial charge is 0.341 e. The predicted molar refractivity (Wildman–Crippen MR) is 102 cm³/mol. The van der Waals surface area contributed by atoms with Gasteiger partial charge in [-0.2, -0.15) is 5.10 Å². The Hall–Kier alpha value is -3.00. The van der Waals surface area contributed by atoms with Crippen LogP contribution in [-0.2, 0) is 11.2 Å². The number of aromatic amines is 1. The van der Waals surface area contributed by atoms with Crippen LogP contribution < -0.4 is 5.32 Å². The summed E-state index contributed by atoms with van der Waals surface area (Å²) in [6.07, 6.45) is 2.08. The lowest BCUT2D eigenvalue weighted by Gasteiger charge is -2.07. The number of carbonyl (C=O) groups excluding carboxylic acids is 1. The molecule has 27 heavy (non-hydrogen) atoms. The van der Waals surface area contributed by atoms with Gasteiger partial charge in [-0.1, -0.05) is 11.6 Å². The predicted octanol–water partition coefficient (Wildman–Crippen LogP) is 3.05. The highest BCUT2D eigenvalue weighted by Crippen LogP contribution is 2.17. The Morgan fingerprint density at radius 3 is 2.74 bits per heavy atom. The van der Waals surface area contributed by atoms with E-state index in [1.807, 2.05) is 12.1 Å². The summed E-state index contributed by atoms with van der Waals surface area (Å²) >= 11 is 5.89. The standard InChI is InChI=1S/C18H19ClN6O2/c1-3-27-17(26)14-10-21-18(22-11(14)2)20-9-8-15-23-16(25-24-15)12-4-6-13(19)7-5-12/h4-7,10H,3,8-9H2,1-2H3,(H,20,21,22)(H,23,24,25). The van der Waals surface area contributed by atoms with Crippen molar-refractivity contribution >= 4 is 23.5 Å².